The van der Waals surface area contributed by atoms with E-state index in [4.69, 9.17) is 33.7 Å². The second kappa shape index (κ2) is 8.28. The third kappa shape index (κ3) is 4.42. The monoisotopic (exact) mass is 407 g/mol. The van der Waals surface area contributed by atoms with Crippen LogP contribution in [0.25, 0.3) is 0 Å². The molecule has 0 unspecified atom stereocenters. The number of carbonyl (C=O) groups is 1. The highest BCUT2D eigenvalue weighted by atomic mass is 35.5. The molecular formula is C20H23Cl2N3O2. The van der Waals surface area contributed by atoms with E-state index in [0.29, 0.717) is 47.7 Å². The number of rotatable bonds is 4. The van der Waals surface area contributed by atoms with E-state index < -0.39 is 0 Å². The quantitative estimate of drug-likeness (QED) is 0.780. The number of nitrogens with zero attached hydrogens (tertiary/aromatic N) is 2. The summed E-state index contributed by atoms with van der Waals surface area (Å²) in [5, 5.41) is 1.15. The summed E-state index contributed by atoms with van der Waals surface area (Å²) in [5.74, 6) is 0.510. The van der Waals surface area contributed by atoms with Crippen molar-refractivity contribution in [3.05, 3.63) is 51.5 Å². The zero-order chi connectivity index (χ0) is 19.6. The van der Waals surface area contributed by atoms with Gasteiger partial charge in [-0.25, -0.2) is 0 Å². The van der Waals surface area contributed by atoms with Crippen LogP contribution in [0.2, 0.25) is 10.0 Å². The van der Waals surface area contributed by atoms with Gasteiger partial charge in [0, 0.05) is 26.2 Å². The highest BCUT2D eigenvalue weighted by Crippen LogP contribution is 2.33. The molecule has 1 aliphatic rings. The molecule has 1 aliphatic heterocycles. The number of nitrogen functional groups attached to an aromatic ring is 1. The molecule has 2 N–H and O–H groups in total. The number of hydrogen-bond donors (Lipinski definition) is 1. The Morgan fingerprint density at radius 2 is 1.81 bits per heavy atom. The lowest BCUT2D eigenvalue weighted by Crippen LogP contribution is -2.50. The van der Waals surface area contributed by atoms with E-state index in [-0.39, 0.29) is 12.5 Å². The molecule has 2 aromatic carbocycles. The summed E-state index contributed by atoms with van der Waals surface area (Å²) in [5.41, 5.74) is 9.53. The van der Waals surface area contributed by atoms with Crippen molar-refractivity contribution < 1.29 is 9.53 Å². The highest BCUT2D eigenvalue weighted by molar-refractivity contribution is 6.34. The molecular weight excluding hydrogens is 385 g/mol. The van der Waals surface area contributed by atoms with Crippen LogP contribution < -0.4 is 15.4 Å². The molecule has 1 amide bonds. The molecule has 0 radical (unpaired) electrons. The largest absolute Gasteiger partial charge is 0.482 e. The Balaban J connectivity index is 1.58. The average molecular weight is 408 g/mol. The zero-order valence-electron chi connectivity index (χ0n) is 15.5. The Bertz CT molecular complexity index is 806. The van der Waals surface area contributed by atoms with Crippen molar-refractivity contribution >= 4 is 40.5 Å². The average Bonchev–Trinajstić information content (AvgIpc) is 2.61. The minimum Gasteiger partial charge on any atom is -0.482 e. The molecule has 144 valence electrons. The van der Waals surface area contributed by atoms with E-state index in [9.17, 15) is 4.79 Å². The minimum atomic E-state index is -0.0576. The van der Waals surface area contributed by atoms with Crippen molar-refractivity contribution in [1.82, 2.24) is 4.90 Å². The van der Waals surface area contributed by atoms with Gasteiger partial charge in [-0.3, -0.25) is 4.79 Å². The maximum atomic E-state index is 12.5. The molecule has 3 rings (SSSR count). The van der Waals surface area contributed by atoms with Gasteiger partial charge < -0.3 is 20.3 Å². The smallest absolute Gasteiger partial charge is 0.260 e. The third-order valence-electron chi connectivity index (χ3n) is 4.68. The number of piperazine rings is 1. The van der Waals surface area contributed by atoms with Crippen LogP contribution in [0.4, 0.5) is 11.4 Å². The van der Waals surface area contributed by atoms with Crippen LogP contribution in [0.15, 0.2) is 30.3 Å². The van der Waals surface area contributed by atoms with Gasteiger partial charge in [0.15, 0.2) is 6.61 Å². The van der Waals surface area contributed by atoms with Crippen LogP contribution in [0, 0.1) is 13.8 Å². The normalized spacial score (nSPS) is 14.4. The lowest BCUT2D eigenvalue weighted by molar-refractivity contribution is -0.133. The SMILES string of the molecule is Cc1cc(C)c(OCC(=O)N2CCN(c3c(N)cccc3Cl)CC2)c(Cl)c1. The Hall–Kier alpha value is -2.11. The topological polar surface area (TPSA) is 58.8 Å². The summed E-state index contributed by atoms with van der Waals surface area (Å²) in [6.07, 6.45) is 0. The van der Waals surface area contributed by atoms with E-state index in [1.54, 1.807) is 4.90 Å². The fourth-order valence-corrected chi connectivity index (χ4v) is 4.03. The number of benzene rings is 2. The fourth-order valence-electron chi connectivity index (χ4n) is 3.36. The molecule has 0 aliphatic carbocycles. The van der Waals surface area contributed by atoms with Crippen molar-refractivity contribution in [1.29, 1.82) is 0 Å². The lowest BCUT2D eigenvalue weighted by atomic mass is 10.1. The molecule has 2 aromatic rings. The van der Waals surface area contributed by atoms with E-state index >= 15 is 0 Å². The molecule has 1 heterocycles. The summed E-state index contributed by atoms with van der Waals surface area (Å²) in [4.78, 5) is 16.4. The first-order chi connectivity index (χ1) is 12.9. The number of anilines is 2. The Kier molecular flexibility index (Phi) is 6.02. The molecule has 0 bridgehead atoms. The number of ether oxygens (including phenoxy) is 1. The van der Waals surface area contributed by atoms with Crippen LogP contribution in [-0.2, 0) is 4.79 Å². The van der Waals surface area contributed by atoms with Crippen molar-refractivity contribution in [3.8, 4) is 5.75 Å². The molecule has 7 heteroatoms. The first-order valence-electron chi connectivity index (χ1n) is 8.83. The van der Waals surface area contributed by atoms with Crippen LogP contribution in [-0.4, -0.2) is 43.6 Å². The summed E-state index contributed by atoms with van der Waals surface area (Å²) in [7, 11) is 0. The Morgan fingerprint density at radius 3 is 2.44 bits per heavy atom. The maximum absolute atomic E-state index is 12.5. The Labute approximate surface area is 169 Å². The second-order valence-electron chi connectivity index (χ2n) is 6.73. The van der Waals surface area contributed by atoms with E-state index in [1.807, 2.05) is 44.2 Å². The molecule has 1 fully saturated rings. The zero-order valence-corrected chi connectivity index (χ0v) is 17.0. The molecule has 0 spiro atoms. The van der Waals surface area contributed by atoms with Gasteiger partial charge in [-0.05, 0) is 43.2 Å². The standard InChI is InChI=1S/C20H23Cl2N3O2/c1-13-10-14(2)20(16(22)11-13)27-12-18(26)24-6-8-25(9-7-24)19-15(21)4-3-5-17(19)23/h3-5,10-11H,6-9,12,23H2,1-2H3. The molecule has 0 atom stereocenters. The van der Waals surface area contributed by atoms with Gasteiger partial charge in [-0.15, -0.1) is 0 Å². The molecule has 1 saturated heterocycles. The van der Waals surface area contributed by atoms with Gasteiger partial charge in [-0.1, -0.05) is 35.3 Å². The number of para-hydroxylation sites is 1. The predicted octanol–water partition coefficient (Wildman–Crippen LogP) is 3.92. The lowest BCUT2D eigenvalue weighted by Gasteiger charge is -2.37. The second-order valence-corrected chi connectivity index (χ2v) is 7.54. The van der Waals surface area contributed by atoms with Crippen LogP contribution >= 0.6 is 23.2 Å². The highest BCUT2D eigenvalue weighted by Gasteiger charge is 2.24. The van der Waals surface area contributed by atoms with Gasteiger partial charge >= 0.3 is 0 Å². The molecule has 5 nitrogen and oxygen atoms in total. The summed E-state index contributed by atoms with van der Waals surface area (Å²) >= 11 is 12.5. The number of aryl methyl sites for hydroxylation is 2. The van der Waals surface area contributed by atoms with Gasteiger partial charge in [0.25, 0.3) is 5.91 Å². The predicted molar refractivity (Wildman–Crippen MR) is 111 cm³/mol. The fraction of sp³-hybridized carbons (Fsp3) is 0.350. The number of carbonyl (C=O) groups excluding carboxylic acids is 1. The van der Waals surface area contributed by atoms with E-state index in [2.05, 4.69) is 4.90 Å². The van der Waals surface area contributed by atoms with Gasteiger partial charge in [0.05, 0.1) is 21.4 Å². The van der Waals surface area contributed by atoms with Crippen LogP contribution in [0.5, 0.6) is 5.75 Å². The maximum Gasteiger partial charge on any atom is 0.260 e. The van der Waals surface area contributed by atoms with Gasteiger partial charge in [-0.2, -0.15) is 0 Å². The summed E-state index contributed by atoms with van der Waals surface area (Å²) in [6, 6.07) is 9.31. The van der Waals surface area contributed by atoms with E-state index in [1.165, 1.54) is 0 Å². The number of hydrogen-bond acceptors (Lipinski definition) is 4. The van der Waals surface area contributed by atoms with Gasteiger partial charge in [0.2, 0.25) is 0 Å². The number of halogens is 2. The van der Waals surface area contributed by atoms with Crippen molar-refractivity contribution in [3.63, 3.8) is 0 Å². The number of nitrogens with two attached hydrogens (primary N) is 1. The van der Waals surface area contributed by atoms with Crippen molar-refractivity contribution in [2.24, 2.45) is 0 Å². The molecule has 27 heavy (non-hydrogen) atoms. The summed E-state index contributed by atoms with van der Waals surface area (Å²) in [6.45, 7) is 6.39. The van der Waals surface area contributed by atoms with Crippen LogP contribution in [0.3, 0.4) is 0 Å². The first kappa shape index (κ1) is 19.6. The Morgan fingerprint density at radius 1 is 1.11 bits per heavy atom. The first-order valence-corrected chi connectivity index (χ1v) is 9.58. The van der Waals surface area contributed by atoms with Crippen molar-refractivity contribution in [2.75, 3.05) is 43.4 Å². The summed E-state index contributed by atoms with van der Waals surface area (Å²) < 4.78 is 5.71. The third-order valence-corrected chi connectivity index (χ3v) is 5.27. The number of amides is 1. The van der Waals surface area contributed by atoms with Crippen LogP contribution in [0.1, 0.15) is 11.1 Å². The van der Waals surface area contributed by atoms with Gasteiger partial charge in [0.1, 0.15) is 5.75 Å². The molecule has 0 saturated carbocycles. The van der Waals surface area contributed by atoms with Crippen molar-refractivity contribution in [2.45, 2.75) is 13.8 Å². The minimum absolute atomic E-state index is 0.0299. The van der Waals surface area contributed by atoms with E-state index in [0.717, 1.165) is 16.8 Å². The molecule has 0 aromatic heterocycles.